The molecule has 0 radical (unpaired) electrons. The number of guanidine groups is 1. The molecule has 12 heteroatoms. The standard InChI is InChI=1S/C21H27N5O5S2/c1-12-9-13(2)18(14(3)10-12)33(30,31)26-16(20(28)29)11-25-19(27)17-7-6-15(32-17)5-4-8-24-21(22)23/h4-7,9-10,16,26H,8,11H2,1-3H3,(H,25,27)(H,28,29)(H4,22,23,24)/b5-4+. The first-order chi connectivity index (χ1) is 15.4. The molecule has 0 saturated carbocycles. The number of hydrogen-bond donors (Lipinski definition) is 5. The van der Waals surface area contributed by atoms with Gasteiger partial charge in [0.05, 0.1) is 16.3 Å². The van der Waals surface area contributed by atoms with E-state index in [1.165, 1.54) is 11.3 Å². The number of aliphatic imine (C=N–C) groups is 1. The van der Waals surface area contributed by atoms with E-state index in [0.29, 0.717) is 22.5 Å². The van der Waals surface area contributed by atoms with Crippen LogP contribution in [0.4, 0.5) is 0 Å². The maximum Gasteiger partial charge on any atom is 0.323 e. The molecule has 0 aliphatic heterocycles. The third-order valence-corrected chi connectivity index (χ3v) is 7.27. The highest BCUT2D eigenvalue weighted by atomic mass is 32.2. The minimum absolute atomic E-state index is 0.0257. The lowest BCUT2D eigenvalue weighted by molar-refractivity contribution is -0.138. The summed E-state index contributed by atoms with van der Waals surface area (Å²) in [5.74, 6) is -1.95. The molecular weight excluding hydrogens is 466 g/mol. The van der Waals surface area contributed by atoms with Crippen LogP contribution in [0.15, 0.2) is 40.2 Å². The average molecular weight is 494 g/mol. The molecule has 1 heterocycles. The lowest BCUT2D eigenvalue weighted by Crippen LogP contribution is -2.48. The second-order valence-electron chi connectivity index (χ2n) is 7.32. The number of sulfonamides is 1. The number of nitrogens with zero attached hydrogens (tertiary/aromatic N) is 1. The van der Waals surface area contributed by atoms with Gasteiger partial charge in [0, 0.05) is 11.4 Å². The molecule has 178 valence electrons. The molecule has 10 nitrogen and oxygen atoms in total. The zero-order valence-corrected chi connectivity index (χ0v) is 20.1. The number of nitrogens with one attached hydrogen (secondary N) is 2. The van der Waals surface area contributed by atoms with E-state index in [4.69, 9.17) is 11.5 Å². The number of hydrogen-bond acceptors (Lipinski definition) is 6. The van der Waals surface area contributed by atoms with Gasteiger partial charge < -0.3 is 21.9 Å². The van der Waals surface area contributed by atoms with Crippen molar-refractivity contribution >= 4 is 45.3 Å². The molecule has 7 N–H and O–H groups in total. The molecule has 1 aromatic heterocycles. The van der Waals surface area contributed by atoms with Gasteiger partial charge in [-0.05, 0) is 50.1 Å². The zero-order valence-electron chi connectivity index (χ0n) is 18.5. The average Bonchev–Trinajstić information content (AvgIpc) is 3.15. The van der Waals surface area contributed by atoms with Crippen molar-refractivity contribution in [2.75, 3.05) is 13.1 Å². The minimum Gasteiger partial charge on any atom is -0.480 e. The van der Waals surface area contributed by atoms with Crippen LogP contribution in [0.5, 0.6) is 0 Å². The number of benzene rings is 1. The summed E-state index contributed by atoms with van der Waals surface area (Å²) in [6.07, 6.45) is 3.46. The lowest BCUT2D eigenvalue weighted by Gasteiger charge is -2.18. The molecule has 0 fully saturated rings. The summed E-state index contributed by atoms with van der Waals surface area (Å²) in [6.45, 7) is 5.00. The molecular formula is C21H27N5O5S2. The summed E-state index contributed by atoms with van der Waals surface area (Å²) in [6, 6.07) is 5.17. The van der Waals surface area contributed by atoms with Crippen LogP contribution >= 0.6 is 11.3 Å². The van der Waals surface area contributed by atoms with E-state index in [1.54, 1.807) is 50.3 Å². The van der Waals surface area contributed by atoms with Gasteiger partial charge in [-0.25, -0.2) is 13.4 Å². The highest BCUT2D eigenvalue weighted by Crippen LogP contribution is 2.22. The van der Waals surface area contributed by atoms with E-state index in [9.17, 15) is 23.1 Å². The predicted octanol–water partition coefficient (Wildman–Crippen LogP) is 1.12. The topological polar surface area (TPSA) is 177 Å². The highest BCUT2D eigenvalue weighted by Gasteiger charge is 2.28. The molecule has 0 aliphatic carbocycles. The van der Waals surface area contributed by atoms with E-state index in [1.807, 2.05) is 6.92 Å². The van der Waals surface area contributed by atoms with Crippen LogP contribution in [-0.4, -0.2) is 50.5 Å². The Kier molecular flexibility index (Phi) is 8.74. The summed E-state index contributed by atoms with van der Waals surface area (Å²) in [5, 5.41) is 12.0. The number of carboxylic acid groups (broad SMARTS) is 1. The van der Waals surface area contributed by atoms with Crippen LogP contribution in [0, 0.1) is 20.8 Å². The van der Waals surface area contributed by atoms with Gasteiger partial charge in [0.15, 0.2) is 5.96 Å². The van der Waals surface area contributed by atoms with E-state index in [2.05, 4.69) is 15.0 Å². The number of aliphatic carboxylic acids is 1. The number of amides is 1. The van der Waals surface area contributed by atoms with Gasteiger partial charge in [-0.15, -0.1) is 11.3 Å². The number of rotatable bonds is 10. The van der Waals surface area contributed by atoms with E-state index >= 15 is 0 Å². The number of carbonyl (C=O) groups excluding carboxylic acids is 1. The fourth-order valence-corrected chi connectivity index (χ4v) is 5.69. The first-order valence-electron chi connectivity index (χ1n) is 9.83. The maximum atomic E-state index is 12.9. The maximum absolute atomic E-state index is 12.9. The fraction of sp³-hybridized carbons (Fsp3) is 0.286. The van der Waals surface area contributed by atoms with Crippen molar-refractivity contribution in [3.05, 3.63) is 56.8 Å². The van der Waals surface area contributed by atoms with Crippen LogP contribution in [0.1, 0.15) is 31.2 Å². The second kappa shape index (κ2) is 11.1. The molecule has 1 unspecified atom stereocenters. The molecule has 2 aromatic rings. The minimum atomic E-state index is -4.13. The highest BCUT2D eigenvalue weighted by molar-refractivity contribution is 7.89. The molecule has 0 spiro atoms. The van der Waals surface area contributed by atoms with Gasteiger partial charge in [-0.1, -0.05) is 23.8 Å². The van der Waals surface area contributed by atoms with Crippen molar-refractivity contribution in [1.29, 1.82) is 0 Å². The van der Waals surface area contributed by atoms with Crippen molar-refractivity contribution in [3.8, 4) is 0 Å². The van der Waals surface area contributed by atoms with Crippen LogP contribution in [0.2, 0.25) is 0 Å². The number of nitrogens with two attached hydrogens (primary N) is 2. The van der Waals surface area contributed by atoms with Gasteiger partial charge >= 0.3 is 5.97 Å². The van der Waals surface area contributed by atoms with Crippen molar-refractivity contribution in [3.63, 3.8) is 0 Å². The molecule has 0 bridgehead atoms. The Morgan fingerprint density at radius 3 is 2.39 bits per heavy atom. The largest absolute Gasteiger partial charge is 0.480 e. The quantitative estimate of drug-likeness (QED) is 0.243. The number of thiophene rings is 1. The molecule has 1 amide bonds. The normalized spacial score (nSPS) is 12.5. The molecule has 0 saturated heterocycles. The van der Waals surface area contributed by atoms with Crippen molar-refractivity contribution in [2.24, 2.45) is 16.5 Å². The van der Waals surface area contributed by atoms with Gasteiger partial charge in [0.2, 0.25) is 10.0 Å². The fourth-order valence-electron chi connectivity index (χ4n) is 3.19. The van der Waals surface area contributed by atoms with Gasteiger partial charge in [-0.3, -0.25) is 9.59 Å². The Morgan fingerprint density at radius 1 is 1.18 bits per heavy atom. The summed E-state index contributed by atoms with van der Waals surface area (Å²) in [7, 11) is -4.13. The molecule has 1 atom stereocenters. The summed E-state index contributed by atoms with van der Waals surface area (Å²) >= 11 is 1.18. The SMILES string of the molecule is Cc1cc(C)c(S(=O)(=O)NC(CNC(=O)c2ccc(/C=C/CN=C(N)N)s2)C(=O)O)c(C)c1. The monoisotopic (exact) mass is 493 g/mol. The number of carbonyl (C=O) groups is 2. The van der Waals surface area contributed by atoms with E-state index in [-0.39, 0.29) is 10.9 Å². The molecule has 0 aliphatic rings. The zero-order chi connectivity index (χ0) is 24.8. The summed E-state index contributed by atoms with van der Waals surface area (Å²) < 4.78 is 27.9. The van der Waals surface area contributed by atoms with Crippen molar-refractivity contribution in [2.45, 2.75) is 31.7 Å². The third-order valence-electron chi connectivity index (χ3n) is 4.45. The van der Waals surface area contributed by atoms with Gasteiger partial charge in [0.1, 0.15) is 6.04 Å². The van der Waals surface area contributed by atoms with Gasteiger partial charge in [-0.2, -0.15) is 4.72 Å². The molecule has 33 heavy (non-hydrogen) atoms. The second-order valence-corrected chi connectivity index (χ2v) is 10.1. The predicted molar refractivity (Wildman–Crippen MR) is 129 cm³/mol. The Hall–Kier alpha value is -3.22. The van der Waals surface area contributed by atoms with Crippen molar-refractivity contribution in [1.82, 2.24) is 10.0 Å². The Balaban J connectivity index is 2.07. The summed E-state index contributed by atoms with van der Waals surface area (Å²) in [4.78, 5) is 29.1. The Labute approximate surface area is 196 Å². The van der Waals surface area contributed by atoms with E-state index < -0.39 is 34.5 Å². The van der Waals surface area contributed by atoms with Crippen LogP contribution in [-0.2, 0) is 14.8 Å². The van der Waals surface area contributed by atoms with Crippen molar-refractivity contribution < 1.29 is 23.1 Å². The van der Waals surface area contributed by atoms with Gasteiger partial charge in [0.25, 0.3) is 5.91 Å². The Morgan fingerprint density at radius 2 is 1.82 bits per heavy atom. The smallest absolute Gasteiger partial charge is 0.323 e. The first-order valence-corrected chi connectivity index (χ1v) is 12.1. The number of aryl methyl sites for hydroxylation is 3. The third kappa shape index (κ3) is 7.41. The number of carboxylic acids is 1. The summed E-state index contributed by atoms with van der Waals surface area (Å²) in [5.41, 5.74) is 12.4. The van der Waals surface area contributed by atoms with Crippen LogP contribution < -0.4 is 21.5 Å². The van der Waals surface area contributed by atoms with E-state index in [0.717, 1.165) is 10.4 Å². The molecule has 1 aromatic carbocycles. The van der Waals surface area contributed by atoms with Crippen LogP contribution in [0.3, 0.4) is 0 Å². The molecule has 2 rings (SSSR count). The lowest BCUT2D eigenvalue weighted by atomic mass is 10.1. The first kappa shape index (κ1) is 26.0. The van der Waals surface area contributed by atoms with Crippen LogP contribution in [0.25, 0.3) is 6.08 Å². The Bertz CT molecular complexity index is 1170.